The van der Waals surface area contributed by atoms with Gasteiger partial charge in [0, 0.05) is 19.7 Å². The first-order valence-electron chi connectivity index (χ1n) is 6.39. The monoisotopic (exact) mass is 249 g/mol. The van der Waals surface area contributed by atoms with Gasteiger partial charge in [-0.25, -0.2) is 0 Å². The number of aliphatic hydroxyl groups is 2. The first-order valence-corrected chi connectivity index (χ1v) is 6.39. The lowest BCUT2D eigenvalue weighted by Crippen LogP contribution is -2.34. The first-order chi connectivity index (χ1) is 8.16. The van der Waals surface area contributed by atoms with Crippen LogP contribution in [0.4, 0.5) is 0 Å². The van der Waals surface area contributed by atoms with Crippen LogP contribution in [0, 0.1) is 0 Å². The van der Waals surface area contributed by atoms with Crippen LogP contribution in [0.25, 0.3) is 0 Å². The Bertz CT molecular complexity index is 155. The molecule has 0 bridgehead atoms. The normalized spacial score (nSPS) is 14.8. The number of nitrogens with one attached hydrogen (secondary N) is 1. The molecule has 0 spiro atoms. The number of aliphatic hydroxyl groups excluding tert-OH is 2. The summed E-state index contributed by atoms with van der Waals surface area (Å²) >= 11 is 0. The maximum absolute atomic E-state index is 9.49. The van der Waals surface area contributed by atoms with E-state index in [2.05, 4.69) is 12.2 Å². The fraction of sp³-hybridized carbons (Fsp3) is 1.00. The second-order valence-corrected chi connectivity index (χ2v) is 4.20. The van der Waals surface area contributed by atoms with Gasteiger partial charge >= 0.3 is 0 Å². The summed E-state index contributed by atoms with van der Waals surface area (Å²) < 4.78 is 10.6. The van der Waals surface area contributed by atoms with Crippen molar-refractivity contribution in [2.75, 3.05) is 39.5 Å². The zero-order valence-electron chi connectivity index (χ0n) is 11.0. The minimum atomic E-state index is -0.538. The molecule has 0 radical (unpaired) electrons. The highest BCUT2D eigenvalue weighted by atomic mass is 16.5. The van der Waals surface area contributed by atoms with Crippen molar-refractivity contribution in [1.29, 1.82) is 0 Å². The van der Waals surface area contributed by atoms with Crippen LogP contribution in [0.15, 0.2) is 0 Å². The van der Waals surface area contributed by atoms with E-state index in [-0.39, 0.29) is 0 Å². The van der Waals surface area contributed by atoms with Gasteiger partial charge in [-0.3, -0.25) is 0 Å². The Kier molecular flexibility index (Phi) is 12.1. The van der Waals surface area contributed by atoms with E-state index in [1.165, 1.54) is 0 Å². The maximum atomic E-state index is 9.49. The Morgan fingerprint density at radius 3 is 2.41 bits per heavy atom. The molecular formula is C12H27NO4. The molecule has 0 heterocycles. The third-order valence-corrected chi connectivity index (χ3v) is 2.14. The Hall–Kier alpha value is -0.200. The van der Waals surface area contributed by atoms with E-state index < -0.39 is 12.2 Å². The largest absolute Gasteiger partial charge is 0.392 e. The van der Waals surface area contributed by atoms with E-state index in [1.807, 2.05) is 0 Å². The molecule has 0 fully saturated rings. The average molecular weight is 249 g/mol. The molecule has 2 unspecified atom stereocenters. The van der Waals surface area contributed by atoms with Gasteiger partial charge in [0.25, 0.3) is 0 Å². The molecule has 0 aromatic carbocycles. The summed E-state index contributed by atoms with van der Waals surface area (Å²) in [6, 6.07) is 0. The van der Waals surface area contributed by atoms with Crippen molar-refractivity contribution in [3.8, 4) is 0 Å². The van der Waals surface area contributed by atoms with E-state index in [1.54, 1.807) is 6.92 Å². The van der Waals surface area contributed by atoms with Crippen LogP contribution in [0.5, 0.6) is 0 Å². The summed E-state index contributed by atoms with van der Waals surface area (Å²) in [4.78, 5) is 0. The molecule has 17 heavy (non-hydrogen) atoms. The zero-order valence-corrected chi connectivity index (χ0v) is 11.0. The van der Waals surface area contributed by atoms with Crippen molar-refractivity contribution in [2.24, 2.45) is 0 Å². The molecule has 3 N–H and O–H groups in total. The molecule has 0 rings (SSSR count). The van der Waals surface area contributed by atoms with Crippen molar-refractivity contribution < 1.29 is 19.7 Å². The van der Waals surface area contributed by atoms with Crippen molar-refractivity contribution in [1.82, 2.24) is 5.32 Å². The Morgan fingerprint density at radius 1 is 1.06 bits per heavy atom. The smallest absolute Gasteiger partial charge is 0.0897 e. The predicted molar refractivity (Wildman–Crippen MR) is 67.1 cm³/mol. The number of unbranched alkanes of at least 4 members (excludes halogenated alkanes) is 1. The Labute approximate surface area is 104 Å². The second kappa shape index (κ2) is 12.3. The molecule has 0 saturated heterocycles. The summed E-state index contributed by atoms with van der Waals surface area (Å²) in [6.45, 7) is 6.89. The molecule has 5 nitrogen and oxygen atoms in total. The lowest BCUT2D eigenvalue weighted by atomic mass is 10.3. The van der Waals surface area contributed by atoms with E-state index in [4.69, 9.17) is 14.6 Å². The van der Waals surface area contributed by atoms with Gasteiger partial charge in [0.1, 0.15) is 0 Å². The van der Waals surface area contributed by atoms with E-state index in [0.717, 1.165) is 19.4 Å². The highest BCUT2D eigenvalue weighted by Crippen LogP contribution is 1.89. The Balaban J connectivity index is 3.13. The fourth-order valence-corrected chi connectivity index (χ4v) is 1.20. The summed E-state index contributed by atoms with van der Waals surface area (Å²) in [6.07, 6.45) is 1.28. The van der Waals surface area contributed by atoms with E-state index in [9.17, 15) is 5.11 Å². The van der Waals surface area contributed by atoms with Gasteiger partial charge in [-0.15, -0.1) is 0 Å². The van der Waals surface area contributed by atoms with Crippen LogP contribution in [0.2, 0.25) is 0 Å². The summed E-state index contributed by atoms with van der Waals surface area (Å²) in [7, 11) is 0. The minimum absolute atomic E-state index is 0.296. The van der Waals surface area contributed by atoms with Crippen LogP contribution < -0.4 is 5.32 Å². The van der Waals surface area contributed by atoms with Crippen molar-refractivity contribution >= 4 is 0 Å². The molecule has 5 heteroatoms. The molecule has 0 aromatic heterocycles. The topological polar surface area (TPSA) is 71.0 Å². The lowest BCUT2D eigenvalue weighted by molar-refractivity contribution is 0.00333. The minimum Gasteiger partial charge on any atom is -0.392 e. The van der Waals surface area contributed by atoms with E-state index in [0.29, 0.717) is 32.9 Å². The molecule has 0 aliphatic rings. The van der Waals surface area contributed by atoms with Crippen LogP contribution in [-0.2, 0) is 9.47 Å². The van der Waals surface area contributed by atoms with E-state index >= 15 is 0 Å². The number of rotatable bonds is 12. The standard InChI is InChI=1S/C12H27NO4/c1-3-4-5-16-6-7-17-10-12(15)9-13-8-11(2)14/h11-15H,3-10H2,1-2H3. The average Bonchev–Trinajstić information content (AvgIpc) is 2.27. The molecule has 0 aliphatic carbocycles. The molecule has 2 atom stereocenters. The van der Waals surface area contributed by atoms with Crippen LogP contribution in [-0.4, -0.2) is 61.9 Å². The molecule has 0 amide bonds. The maximum Gasteiger partial charge on any atom is 0.0897 e. The summed E-state index contributed by atoms with van der Waals surface area (Å²) in [5.74, 6) is 0. The van der Waals surface area contributed by atoms with Gasteiger partial charge in [-0.05, 0) is 13.3 Å². The highest BCUT2D eigenvalue weighted by Gasteiger charge is 2.04. The first kappa shape index (κ1) is 16.8. The highest BCUT2D eigenvalue weighted by molar-refractivity contribution is 4.60. The lowest BCUT2D eigenvalue weighted by Gasteiger charge is -2.13. The molecule has 104 valence electrons. The third kappa shape index (κ3) is 13.7. The van der Waals surface area contributed by atoms with Crippen LogP contribution >= 0.6 is 0 Å². The van der Waals surface area contributed by atoms with Gasteiger partial charge in [0.15, 0.2) is 0 Å². The van der Waals surface area contributed by atoms with Gasteiger partial charge < -0.3 is 25.0 Å². The van der Waals surface area contributed by atoms with Gasteiger partial charge in [0.2, 0.25) is 0 Å². The molecule has 0 aromatic rings. The van der Waals surface area contributed by atoms with Crippen LogP contribution in [0.3, 0.4) is 0 Å². The van der Waals surface area contributed by atoms with Crippen molar-refractivity contribution in [3.63, 3.8) is 0 Å². The SMILES string of the molecule is CCCCOCCOCC(O)CNCC(C)O. The van der Waals surface area contributed by atoms with Gasteiger partial charge in [-0.2, -0.15) is 0 Å². The predicted octanol–water partition coefficient (Wildman–Crippen LogP) is 0.151. The second-order valence-electron chi connectivity index (χ2n) is 4.20. The van der Waals surface area contributed by atoms with Crippen molar-refractivity contribution in [2.45, 2.75) is 38.9 Å². The van der Waals surface area contributed by atoms with Gasteiger partial charge in [0.05, 0.1) is 32.0 Å². The summed E-state index contributed by atoms with van der Waals surface area (Å²) in [5.41, 5.74) is 0. The summed E-state index contributed by atoms with van der Waals surface area (Å²) in [5, 5.41) is 21.4. The number of hydrogen-bond donors (Lipinski definition) is 3. The van der Waals surface area contributed by atoms with Gasteiger partial charge in [-0.1, -0.05) is 13.3 Å². The molecular weight excluding hydrogens is 222 g/mol. The molecule has 0 aliphatic heterocycles. The zero-order chi connectivity index (χ0) is 12.9. The number of ether oxygens (including phenoxy) is 2. The molecule has 0 saturated carbocycles. The third-order valence-electron chi connectivity index (χ3n) is 2.14. The Morgan fingerprint density at radius 2 is 1.76 bits per heavy atom. The van der Waals surface area contributed by atoms with Crippen LogP contribution in [0.1, 0.15) is 26.7 Å². The number of hydrogen-bond acceptors (Lipinski definition) is 5. The quantitative estimate of drug-likeness (QED) is 0.430. The van der Waals surface area contributed by atoms with Crippen molar-refractivity contribution in [3.05, 3.63) is 0 Å². The fourth-order valence-electron chi connectivity index (χ4n) is 1.20.